The smallest absolute Gasteiger partial charge is 0.410 e. The molecule has 1 aromatic rings. The van der Waals surface area contributed by atoms with Crippen LogP contribution in [0.5, 0.6) is 0 Å². The number of carbonyl (C=O) groups is 2. The second-order valence-electron chi connectivity index (χ2n) is 4.87. The molecule has 0 radical (unpaired) electrons. The number of benzene rings is 1. The molecular formula is C15H19NO5. The van der Waals surface area contributed by atoms with E-state index in [-0.39, 0.29) is 26.3 Å². The summed E-state index contributed by atoms with van der Waals surface area (Å²) < 4.78 is 10.0. The lowest BCUT2D eigenvalue weighted by Gasteiger charge is -2.15. The van der Waals surface area contributed by atoms with Crippen molar-refractivity contribution >= 4 is 12.1 Å². The molecule has 1 heterocycles. The van der Waals surface area contributed by atoms with E-state index in [1.165, 1.54) is 4.90 Å². The van der Waals surface area contributed by atoms with Gasteiger partial charge in [-0.1, -0.05) is 30.3 Å². The number of β-amino-alcohol motifs (C(OH)–C–C–N with tert-alkyl or cyclic N) is 1. The lowest BCUT2D eigenvalue weighted by molar-refractivity contribution is -0.150. The third-order valence-corrected chi connectivity index (χ3v) is 3.34. The number of rotatable bonds is 4. The summed E-state index contributed by atoms with van der Waals surface area (Å²) in [6.07, 6.45) is -1.45. The van der Waals surface area contributed by atoms with Crippen LogP contribution in [-0.2, 0) is 20.9 Å². The molecule has 1 aromatic carbocycles. The number of hydrogen-bond donors (Lipinski definition) is 1. The summed E-state index contributed by atoms with van der Waals surface area (Å²) in [4.78, 5) is 24.9. The highest BCUT2D eigenvalue weighted by Gasteiger charge is 2.40. The van der Waals surface area contributed by atoms with E-state index >= 15 is 0 Å². The largest absolute Gasteiger partial charge is 0.466 e. The molecular weight excluding hydrogens is 274 g/mol. The summed E-state index contributed by atoms with van der Waals surface area (Å²) in [5, 5.41) is 9.84. The summed E-state index contributed by atoms with van der Waals surface area (Å²) in [5.41, 5.74) is 0.882. The fourth-order valence-electron chi connectivity index (χ4n) is 2.23. The Labute approximate surface area is 123 Å². The summed E-state index contributed by atoms with van der Waals surface area (Å²) >= 11 is 0. The highest BCUT2D eigenvalue weighted by atomic mass is 16.6. The molecule has 0 bridgehead atoms. The third-order valence-electron chi connectivity index (χ3n) is 3.34. The van der Waals surface area contributed by atoms with E-state index < -0.39 is 24.1 Å². The van der Waals surface area contributed by atoms with E-state index in [2.05, 4.69) is 0 Å². The van der Waals surface area contributed by atoms with Gasteiger partial charge in [-0.2, -0.15) is 0 Å². The fraction of sp³-hybridized carbons (Fsp3) is 0.467. The molecule has 1 aliphatic heterocycles. The van der Waals surface area contributed by atoms with Gasteiger partial charge >= 0.3 is 12.1 Å². The molecule has 6 nitrogen and oxygen atoms in total. The number of nitrogens with zero attached hydrogens (tertiary/aromatic N) is 1. The van der Waals surface area contributed by atoms with Crippen LogP contribution in [0.25, 0.3) is 0 Å². The van der Waals surface area contributed by atoms with Crippen molar-refractivity contribution in [3.05, 3.63) is 35.9 Å². The zero-order chi connectivity index (χ0) is 15.2. The second kappa shape index (κ2) is 7.08. The predicted molar refractivity (Wildman–Crippen MR) is 74.3 cm³/mol. The highest BCUT2D eigenvalue weighted by Crippen LogP contribution is 2.19. The SMILES string of the molecule is CCOC(=O)[C@H]1CN(C(=O)OCc2ccccc2)C[C@H]1O. The molecule has 0 aromatic heterocycles. The molecule has 21 heavy (non-hydrogen) atoms. The number of carbonyl (C=O) groups excluding carboxylic acids is 2. The van der Waals surface area contributed by atoms with E-state index in [0.29, 0.717) is 0 Å². The molecule has 2 atom stereocenters. The summed E-state index contributed by atoms with van der Waals surface area (Å²) in [5.74, 6) is -1.18. The van der Waals surface area contributed by atoms with Gasteiger partial charge in [-0.15, -0.1) is 0 Å². The number of amides is 1. The van der Waals surface area contributed by atoms with Crippen LogP contribution in [0.3, 0.4) is 0 Å². The maximum atomic E-state index is 11.9. The average Bonchev–Trinajstić information content (AvgIpc) is 2.88. The van der Waals surface area contributed by atoms with Gasteiger partial charge in [0, 0.05) is 6.54 Å². The van der Waals surface area contributed by atoms with Gasteiger partial charge in [0.25, 0.3) is 0 Å². The van der Waals surface area contributed by atoms with Crippen LogP contribution >= 0.6 is 0 Å². The summed E-state index contributed by atoms with van der Waals surface area (Å²) in [7, 11) is 0. The average molecular weight is 293 g/mol. The minimum Gasteiger partial charge on any atom is -0.466 e. The molecule has 1 amide bonds. The molecule has 6 heteroatoms. The molecule has 1 N–H and O–H groups in total. The molecule has 114 valence electrons. The van der Waals surface area contributed by atoms with Crippen molar-refractivity contribution in [1.29, 1.82) is 0 Å². The van der Waals surface area contributed by atoms with E-state index in [1.54, 1.807) is 6.92 Å². The first-order valence-electron chi connectivity index (χ1n) is 6.92. The Morgan fingerprint density at radius 3 is 2.62 bits per heavy atom. The lowest BCUT2D eigenvalue weighted by Crippen LogP contribution is -2.30. The van der Waals surface area contributed by atoms with Crippen LogP contribution in [0.15, 0.2) is 30.3 Å². The molecule has 0 aliphatic carbocycles. The van der Waals surface area contributed by atoms with Crippen LogP contribution in [0, 0.1) is 5.92 Å². The molecule has 1 fully saturated rings. The third kappa shape index (κ3) is 3.95. The molecule has 2 rings (SSSR count). The van der Waals surface area contributed by atoms with Crippen molar-refractivity contribution in [3.8, 4) is 0 Å². The van der Waals surface area contributed by atoms with Gasteiger partial charge in [0.15, 0.2) is 0 Å². The monoisotopic (exact) mass is 293 g/mol. The predicted octanol–water partition coefficient (Wildman–Crippen LogP) is 1.18. The maximum Gasteiger partial charge on any atom is 0.410 e. The van der Waals surface area contributed by atoms with Gasteiger partial charge in [-0.25, -0.2) is 4.79 Å². The molecule has 0 saturated carbocycles. The number of aliphatic hydroxyl groups excluding tert-OH is 1. The molecule has 0 spiro atoms. The van der Waals surface area contributed by atoms with Gasteiger partial charge in [0.05, 0.1) is 19.3 Å². The summed E-state index contributed by atoms with van der Waals surface area (Å²) in [6, 6.07) is 9.31. The quantitative estimate of drug-likeness (QED) is 0.844. The van der Waals surface area contributed by atoms with E-state index in [0.717, 1.165) is 5.56 Å². The zero-order valence-corrected chi connectivity index (χ0v) is 11.9. The molecule has 1 aliphatic rings. The van der Waals surface area contributed by atoms with Gasteiger partial charge in [0.1, 0.15) is 12.5 Å². The Morgan fingerprint density at radius 2 is 1.95 bits per heavy atom. The van der Waals surface area contributed by atoms with Crippen molar-refractivity contribution in [2.75, 3.05) is 19.7 Å². The minimum absolute atomic E-state index is 0.0805. The normalized spacial score (nSPS) is 21.1. The fourth-order valence-corrected chi connectivity index (χ4v) is 2.23. The highest BCUT2D eigenvalue weighted by molar-refractivity contribution is 5.76. The Morgan fingerprint density at radius 1 is 1.24 bits per heavy atom. The number of esters is 1. The van der Waals surface area contributed by atoms with E-state index in [4.69, 9.17) is 9.47 Å². The molecule has 1 saturated heterocycles. The topological polar surface area (TPSA) is 76.1 Å². The maximum absolute atomic E-state index is 11.9. The number of aliphatic hydroxyl groups is 1. The van der Waals surface area contributed by atoms with Crippen LogP contribution in [0.2, 0.25) is 0 Å². The Hall–Kier alpha value is -2.08. The van der Waals surface area contributed by atoms with Crippen LogP contribution in [-0.4, -0.2) is 47.9 Å². The first kappa shape index (κ1) is 15.3. The number of likely N-dealkylation sites (tertiary alicyclic amines) is 1. The minimum atomic E-state index is -0.909. The van der Waals surface area contributed by atoms with Gasteiger partial charge in [-0.05, 0) is 12.5 Å². The van der Waals surface area contributed by atoms with Crippen molar-refractivity contribution in [2.45, 2.75) is 19.6 Å². The molecule has 0 unspecified atom stereocenters. The van der Waals surface area contributed by atoms with Crippen molar-refractivity contribution in [2.24, 2.45) is 5.92 Å². The van der Waals surface area contributed by atoms with Gasteiger partial charge in [0.2, 0.25) is 0 Å². The lowest BCUT2D eigenvalue weighted by atomic mass is 10.1. The zero-order valence-electron chi connectivity index (χ0n) is 11.9. The van der Waals surface area contributed by atoms with Crippen molar-refractivity contribution in [1.82, 2.24) is 4.90 Å². The standard InChI is InChI=1S/C15H19NO5/c1-2-20-14(18)12-8-16(9-13(12)17)15(19)21-10-11-6-4-3-5-7-11/h3-7,12-13,17H,2,8-10H2,1H3/t12-,13+/m0/s1. The van der Waals surface area contributed by atoms with Gasteiger partial charge in [-0.3, -0.25) is 4.79 Å². The first-order valence-corrected chi connectivity index (χ1v) is 6.92. The Bertz CT molecular complexity index is 490. The van der Waals surface area contributed by atoms with Crippen molar-refractivity contribution < 1.29 is 24.2 Å². The van der Waals surface area contributed by atoms with Crippen molar-refractivity contribution in [3.63, 3.8) is 0 Å². The Balaban J connectivity index is 1.85. The number of hydrogen-bond acceptors (Lipinski definition) is 5. The second-order valence-corrected chi connectivity index (χ2v) is 4.87. The Kier molecular flexibility index (Phi) is 5.16. The summed E-state index contributed by atoms with van der Waals surface area (Å²) in [6.45, 7) is 2.31. The van der Waals surface area contributed by atoms with Crippen LogP contribution < -0.4 is 0 Å². The van der Waals surface area contributed by atoms with E-state index in [9.17, 15) is 14.7 Å². The number of ether oxygens (including phenoxy) is 2. The van der Waals surface area contributed by atoms with Crippen LogP contribution in [0.4, 0.5) is 4.79 Å². The van der Waals surface area contributed by atoms with Crippen LogP contribution in [0.1, 0.15) is 12.5 Å². The van der Waals surface area contributed by atoms with Gasteiger partial charge < -0.3 is 19.5 Å². The van der Waals surface area contributed by atoms with E-state index in [1.807, 2.05) is 30.3 Å². The first-order chi connectivity index (χ1) is 10.1.